The van der Waals surface area contributed by atoms with Crippen LogP contribution >= 0.6 is 11.6 Å². The van der Waals surface area contributed by atoms with Crippen LogP contribution in [0, 0.1) is 19.7 Å². The molecule has 0 bridgehead atoms. The lowest BCUT2D eigenvalue weighted by Crippen LogP contribution is -2.41. The number of benzene rings is 3. The van der Waals surface area contributed by atoms with Crippen LogP contribution < -0.4 is 9.62 Å². The lowest BCUT2D eigenvalue weighted by Gasteiger charge is -2.26. The second-order valence-electron chi connectivity index (χ2n) is 7.42. The number of sulfonamides is 1. The number of carbonyl (C=O) groups is 2. The van der Waals surface area contributed by atoms with E-state index in [4.69, 9.17) is 11.6 Å². The van der Waals surface area contributed by atoms with E-state index in [-0.39, 0.29) is 28.3 Å². The molecular formula is C24H22ClFN2O4S. The number of carbonyl (C=O) groups excluding carboxylic acids is 2. The maximum atomic E-state index is 14.3. The van der Waals surface area contributed by atoms with E-state index in [1.807, 2.05) is 6.92 Å². The van der Waals surface area contributed by atoms with Crippen molar-refractivity contribution in [1.29, 1.82) is 0 Å². The van der Waals surface area contributed by atoms with Crippen LogP contribution in [0.1, 0.15) is 27.0 Å². The summed E-state index contributed by atoms with van der Waals surface area (Å²) in [6.45, 7) is 2.74. The Morgan fingerprint density at radius 1 is 1.06 bits per heavy atom. The van der Waals surface area contributed by atoms with Gasteiger partial charge in [0.1, 0.15) is 12.4 Å². The highest BCUT2D eigenvalue weighted by Gasteiger charge is 2.28. The van der Waals surface area contributed by atoms with Crippen LogP contribution in [0.25, 0.3) is 0 Å². The first-order valence-corrected chi connectivity index (χ1v) is 11.8. The fourth-order valence-corrected chi connectivity index (χ4v) is 4.86. The third kappa shape index (κ3) is 5.40. The molecule has 1 N–H and O–H groups in total. The van der Waals surface area contributed by atoms with Crippen molar-refractivity contribution in [2.24, 2.45) is 0 Å². The zero-order valence-corrected chi connectivity index (χ0v) is 19.6. The lowest BCUT2D eigenvalue weighted by atomic mass is 10.1. The Bertz CT molecular complexity index is 1290. The molecule has 0 unspecified atom stereocenters. The van der Waals surface area contributed by atoms with E-state index < -0.39 is 28.3 Å². The molecule has 0 aliphatic rings. The number of amides is 1. The fraction of sp³-hybridized carbons (Fsp3) is 0.167. The molecule has 0 aliphatic heterocycles. The number of nitrogens with one attached hydrogen (secondary N) is 1. The van der Waals surface area contributed by atoms with Crippen LogP contribution in [0.2, 0.25) is 5.02 Å². The van der Waals surface area contributed by atoms with Gasteiger partial charge in [-0.2, -0.15) is 0 Å². The van der Waals surface area contributed by atoms with E-state index in [1.54, 1.807) is 37.3 Å². The van der Waals surface area contributed by atoms with E-state index in [9.17, 15) is 22.4 Å². The Morgan fingerprint density at radius 2 is 1.73 bits per heavy atom. The van der Waals surface area contributed by atoms with Crippen molar-refractivity contribution in [3.8, 4) is 0 Å². The normalized spacial score (nSPS) is 11.2. The highest BCUT2D eigenvalue weighted by Crippen LogP contribution is 2.30. The van der Waals surface area contributed by atoms with Gasteiger partial charge < -0.3 is 5.32 Å². The molecule has 1 amide bonds. The van der Waals surface area contributed by atoms with Gasteiger partial charge in [0.25, 0.3) is 10.0 Å². The third-order valence-corrected chi connectivity index (χ3v) is 7.30. The molecule has 0 saturated heterocycles. The molecule has 0 aromatic heterocycles. The van der Waals surface area contributed by atoms with Crippen molar-refractivity contribution in [3.63, 3.8) is 0 Å². The molecule has 0 spiro atoms. The first-order valence-electron chi connectivity index (χ1n) is 9.99. The highest BCUT2D eigenvalue weighted by molar-refractivity contribution is 7.92. The van der Waals surface area contributed by atoms with Crippen molar-refractivity contribution >= 4 is 39.5 Å². The molecule has 9 heteroatoms. The molecule has 0 heterocycles. The number of halogens is 2. The SMILES string of the molecule is Cc1ccc(S(=O)(=O)N(CC(=O)NCc2cccc(C=O)c2F)c2cccc(Cl)c2C)cc1. The Hall–Kier alpha value is -3.23. The summed E-state index contributed by atoms with van der Waals surface area (Å²) in [5.41, 5.74) is 1.62. The number of hydrogen-bond acceptors (Lipinski definition) is 4. The molecule has 172 valence electrons. The first kappa shape index (κ1) is 24.4. The standard InChI is InChI=1S/C24H22ClFN2O4S/c1-16-9-11-20(12-10-16)33(31,32)28(22-8-4-7-21(25)17(22)2)14-23(30)27-13-18-5-3-6-19(15-29)24(18)26/h3-12,15H,13-14H2,1-2H3,(H,27,30). The summed E-state index contributed by atoms with van der Waals surface area (Å²) in [6, 6.07) is 15.3. The summed E-state index contributed by atoms with van der Waals surface area (Å²) in [6.07, 6.45) is 0.387. The lowest BCUT2D eigenvalue weighted by molar-refractivity contribution is -0.119. The summed E-state index contributed by atoms with van der Waals surface area (Å²) >= 11 is 6.21. The summed E-state index contributed by atoms with van der Waals surface area (Å²) in [7, 11) is -4.11. The quantitative estimate of drug-likeness (QED) is 0.476. The van der Waals surface area contributed by atoms with E-state index in [0.29, 0.717) is 16.9 Å². The molecule has 3 aromatic rings. The molecule has 3 aromatic carbocycles. The van der Waals surface area contributed by atoms with Gasteiger partial charge in [-0.15, -0.1) is 0 Å². The van der Waals surface area contributed by atoms with Crippen molar-refractivity contribution < 1.29 is 22.4 Å². The predicted molar refractivity (Wildman–Crippen MR) is 126 cm³/mol. The smallest absolute Gasteiger partial charge is 0.264 e. The maximum Gasteiger partial charge on any atom is 0.264 e. The monoisotopic (exact) mass is 488 g/mol. The molecule has 0 fully saturated rings. The van der Waals surface area contributed by atoms with E-state index in [2.05, 4.69) is 5.32 Å². The fourth-order valence-electron chi connectivity index (χ4n) is 3.21. The molecule has 33 heavy (non-hydrogen) atoms. The van der Waals surface area contributed by atoms with Crippen LogP contribution in [0.5, 0.6) is 0 Å². The van der Waals surface area contributed by atoms with Crippen molar-refractivity contribution in [1.82, 2.24) is 5.32 Å². The number of hydrogen-bond donors (Lipinski definition) is 1. The zero-order valence-electron chi connectivity index (χ0n) is 18.0. The van der Waals surface area contributed by atoms with Crippen molar-refractivity contribution in [3.05, 3.63) is 93.8 Å². The van der Waals surface area contributed by atoms with E-state index in [0.717, 1.165) is 9.87 Å². The summed E-state index contributed by atoms with van der Waals surface area (Å²) < 4.78 is 42.2. The van der Waals surface area contributed by atoms with Crippen LogP contribution in [-0.4, -0.2) is 27.2 Å². The molecule has 0 atom stereocenters. The Kier molecular flexibility index (Phi) is 7.50. The average molecular weight is 489 g/mol. The number of nitrogens with zero attached hydrogens (tertiary/aromatic N) is 1. The summed E-state index contributed by atoms with van der Waals surface area (Å²) in [4.78, 5) is 23.7. The van der Waals surface area contributed by atoms with Gasteiger partial charge in [0.2, 0.25) is 5.91 Å². The number of anilines is 1. The topological polar surface area (TPSA) is 83.6 Å². The van der Waals surface area contributed by atoms with Gasteiger partial charge in [0, 0.05) is 17.1 Å². The minimum atomic E-state index is -4.11. The Balaban J connectivity index is 1.92. The Morgan fingerprint density at radius 3 is 2.39 bits per heavy atom. The molecule has 6 nitrogen and oxygen atoms in total. The maximum absolute atomic E-state index is 14.3. The van der Waals surface area contributed by atoms with Gasteiger partial charge in [-0.25, -0.2) is 12.8 Å². The minimum absolute atomic E-state index is 0.0185. The van der Waals surface area contributed by atoms with Gasteiger partial charge >= 0.3 is 0 Å². The highest BCUT2D eigenvalue weighted by atomic mass is 35.5. The molecule has 0 radical (unpaired) electrons. The van der Waals surface area contributed by atoms with Gasteiger partial charge in [0.05, 0.1) is 16.1 Å². The van der Waals surface area contributed by atoms with Crippen LogP contribution in [0.3, 0.4) is 0 Å². The second kappa shape index (κ2) is 10.1. The van der Waals surface area contributed by atoms with Gasteiger partial charge in [-0.1, -0.05) is 47.5 Å². The molecular weight excluding hydrogens is 467 g/mol. The summed E-state index contributed by atoms with van der Waals surface area (Å²) in [5.74, 6) is -1.39. The van der Waals surface area contributed by atoms with Crippen LogP contribution in [0.4, 0.5) is 10.1 Å². The Labute approximate surface area is 197 Å². The van der Waals surface area contributed by atoms with E-state index in [1.165, 1.54) is 30.3 Å². The average Bonchev–Trinajstić information content (AvgIpc) is 2.79. The number of rotatable bonds is 8. The molecule has 0 aliphatic carbocycles. The zero-order chi connectivity index (χ0) is 24.2. The van der Waals surface area contributed by atoms with Crippen molar-refractivity contribution in [2.75, 3.05) is 10.8 Å². The number of aryl methyl sites for hydroxylation is 1. The summed E-state index contributed by atoms with van der Waals surface area (Å²) in [5, 5.41) is 2.88. The minimum Gasteiger partial charge on any atom is -0.350 e. The molecule has 3 rings (SSSR count). The van der Waals surface area contributed by atoms with Gasteiger partial charge in [0.15, 0.2) is 6.29 Å². The molecule has 0 saturated carbocycles. The first-order chi connectivity index (χ1) is 15.6. The third-order valence-electron chi connectivity index (χ3n) is 5.12. The predicted octanol–water partition coefficient (Wildman–Crippen LogP) is 4.42. The second-order valence-corrected chi connectivity index (χ2v) is 9.69. The van der Waals surface area contributed by atoms with Crippen molar-refractivity contribution in [2.45, 2.75) is 25.3 Å². The van der Waals surface area contributed by atoms with E-state index >= 15 is 0 Å². The van der Waals surface area contributed by atoms with Gasteiger partial charge in [-0.05, 0) is 49.7 Å². The van der Waals surface area contributed by atoms with Crippen LogP contribution in [-0.2, 0) is 21.4 Å². The van der Waals surface area contributed by atoms with Crippen LogP contribution in [0.15, 0.2) is 65.6 Å². The number of aldehydes is 1. The van der Waals surface area contributed by atoms with Gasteiger partial charge in [-0.3, -0.25) is 13.9 Å². The largest absolute Gasteiger partial charge is 0.350 e.